The second-order valence-corrected chi connectivity index (χ2v) is 13.7. The number of aryl methyl sites for hydroxylation is 1. The molecule has 2 aromatic carbocycles. The first-order valence-corrected chi connectivity index (χ1v) is 15.5. The number of piperidine rings is 1. The summed E-state index contributed by atoms with van der Waals surface area (Å²) >= 11 is 0. The van der Waals surface area contributed by atoms with Gasteiger partial charge in [-0.1, -0.05) is 32.9 Å². The minimum Gasteiger partial charge on any atom is -0.305 e. The van der Waals surface area contributed by atoms with Crippen LogP contribution >= 0.6 is 0 Å². The Balaban J connectivity index is 1.68. The molecule has 0 amide bonds. The molecule has 1 aromatic heterocycles. The molecule has 11 heteroatoms. The lowest BCUT2D eigenvalue weighted by Crippen LogP contribution is -2.39. The van der Waals surface area contributed by atoms with E-state index in [0.717, 1.165) is 12.0 Å². The first-order chi connectivity index (χ1) is 16.9. The highest BCUT2D eigenvalue weighted by Crippen LogP contribution is 2.30. The van der Waals surface area contributed by atoms with Crippen LogP contribution in [0.25, 0.3) is 11.0 Å². The number of sulfonamides is 2. The Morgan fingerprint density at radius 2 is 1.67 bits per heavy atom. The number of aromatic amines is 1. The van der Waals surface area contributed by atoms with Crippen molar-refractivity contribution in [2.24, 2.45) is 5.92 Å². The van der Waals surface area contributed by atoms with Gasteiger partial charge in [-0.2, -0.15) is 0 Å². The molecule has 3 aromatic rings. The van der Waals surface area contributed by atoms with Crippen LogP contribution in [0.4, 0.5) is 5.69 Å². The molecule has 0 atom stereocenters. The van der Waals surface area contributed by atoms with Crippen molar-refractivity contribution in [3.05, 3.63) is 58.5 Å². The number of aromatic nitrogens is 2. The molecule has 196 valence electrons. The normalized spacial score (nSPS) is 16.1. The van der Waals surface area contributed by atoms with Crippen molar-refractivity contribution in [1.29, 1.82) is 0 Å². The van der Waals surface area contributed by atoms with Crippen molar-refractivity contribution in [3.8, 4) is 0 Å². The fourth-order valence-electron chi connectivity index (χ4n) is 4.76. The van der Waals surface area contributed by atoms with Gasteiger partial charge in [-0.3, -0.25) is 8.87 Å². The van der Waals surface area contributed by atoms with Gasteiger partial charge in [0.25, 0.3) is 10.0 Å². The Morgan fingerprint density at radius 1 is 1.03 bits per heavy atom. The molecule has 1 aliphatic rings. The third-order valence-electron chi connectivity index (χ3n) is 6.70. The summed E-state index contributed by atoms with van der Waals surface area (Å²) in [5.41, 5.74) is 2.46. The second-order valence-electron chi connectivity index (χ2n) is 9.82. The van der Waals surface area contributed by atoms with Gasteiger partial charge in [0.1, 0.15) is 0 Å². The minimum atomic E-state index is -3.88. The van der Waals surface area contributed by atoms with Crippen LogP contribution in [-0.4, -0.2) is 56.6 Å². The highest BCUT2D eigenvalue weighted by atomic mass is 32.2. The maximum atomic E-state index is 13.8. The fourth-order valence-corrected chi connectivity index (χ4v) is 7.29. The number of anilines is 1. The van der Waals surface area contributed by atoms with Crippen molar-refractivity contribution in [2.75, 3.05) is 30.2 Å². The van der Waals surface area contributed by atoms with Crippen LogP contribution in [0.1, 0.15) is 45.2 Å². The van der Waals surface area contributed by atoms with Crippen molar-refractivity contribution >= 4 is 36.8 Å². The Labute approximate surface area is 212 Å². The van der Waals surface area contributed by atoms with Crippen molar-refractivity contribution in [1.82, 2.24) is 13.9 Å². The number of benzene rings is 2. The maximum Gasteiger partial charge on any atom is 0.326 e. The van der Waals surface area contributed by atoms with E-state index in [1.165, 1.54) is 20.9 Å². The quantitative estimate of drug-likeness (QED) is 0.476. The third kappa shape index (κ3) is 5.23. The zero-order valence-corrected chi connectivity index (χ0v) is 22.8. The number of fused-ring (bicyclic) bond motifs is 1. The summed E-state index contributed by atoms with van der Waals surface area (Å²) in [6.45, 7) is 7.00. The number of rotatable bonds is 8. The minimum absolute atomic E-state index is 0.105. The summed E-state index contributed by atoms with van der Waals surface area (Å²) < 4.78 is 55.7. The zero-order valence-electron chi connectivity index (χ0n) is 21.1. The highest BCUT2D eigenvalue weighted by molar-refractivity contribution is 7.92. The molecule has 2 heterocycles. The molecule has 9 nitrogen and oxygen atoms in total. The van der Waals surface area contributed by atoms with Gasteiger partial charge < -0.3 is 4.98 Å². The van der Waals surface area contributed by atoms with Crippen LogP contribution in [0.2, 0.25) is 0 Å². The summed E-state index contributed by atoms with van der Waals surface area (Å²) in [7, 11) is -7.15. The average molecular weight is 535 g/mol. The zero-order chi connectivity index (χ0) is 26.3. The lowest BCUT2D eigenvalue weighted by molar-refractivity contribution is 0.275. The smallest absolute Gasteiger partial charge is 0.305 e. The molecule has 0 radical (unpaired) electrons. The Hall–Kier alpha value is -2.63. The van der Waals surface area contributed by atoms with E-state index in [1.807, 2.05) is 38.1 Å². The third-order valence-corrected chi connectivity index (χ3v) is 9.79. The van der Waals surface area contributed by atoms with Crippen LogP contribution in [0.15, 0.2) is 52.2 Å². The van der Waals surface area contributed by atoms with E-state index in [0.29, 0.717) is 49.2 Å². The highest BCUT2D eigenvalue weighted by Gasteiger charge is 2.29. The SMILES string of the molecule is CCc1ccc(N(CC(C)C)S(=O)(=O)c2ccc3c(c2)[nH]c(=O)n3C2CCN(S(C)(=O)=O)CC2)cc1. The van der Waals surface area contributed by atoms with Gasteiger partial charge in [-0.15, -0.1) is 0 Å². The molecular formula is C25H34N4O5S2. The number of hydrogen-bond donors (Lipinski definition) is 1. The standard InChI is InChI=1S/C25H34N4O5S2/c1-5-19-6-8-20(9-7-19)28(17-18(2)3)36(33,34)22-10-11-24-23(16-22)26-25(30)29(24)21-12-14-27(15-13-21)35(4,31)32/h6-11,16,18,21H,5,12-15,17H2,1-4H3,(H,26,30). The number of H-pyrrole nitrogens is 1. The number of nitrogens with one attached hydrogen (secondary N) is 1. The molecule has 1 saturated heterocycles. The average Bonchev–Trinajstić information content (AvgIpc) is 3.17. The van der Waals surface area contributed by atoms with E-state index >= 15 is 0 Å². The van der Waals surface area contributed by atoms with E-state index in [2.05, 4.69) is 11.9 Å². The van der Waals surface area contributed by atoms with Gasteiger partial charge in [0, 0.05) is 25.7 Å². The summed E-state index contributed by atoms with van der Waals surface area (Å²) in [5.74, 6) is 0.105. The Bertz CT molecular complexity index is 1500. The van der Waals surface area contributed by atoms with E-state index in [-0.39, 0.29) is 22.5 Å². The van der Waals surface area contributed by atoms with E-state index in [4.69, 9.17) is 0 Å². The Morgan fingerprint density at radius 3 is 2.22 bits per heavy atom. The first-order valence-electron chi connectivity index (χ1n) is 12.2. The van der Waals surface area contributed by atoms with Gasteiger partial charge in [0.2, 0.25) is 10.0 Å². The summed E-state index contributed by atoms with van der Waals surface area (Å²) in [5, 5.41) is 0. The monoisotopic (exact) mass is 534 g/mol. The molecule has 0 bridgehead atoms. The van der Waals surface area contributed by atoms with Crippen LogP contribution in [0, 0.1) is 5.92 Å². The topological polar surface area (TPSA) is 113 Å². The van der Waals surface area contributed by atoms with Crippen LogP contribution < -0.4 is 9.99 Å². The number of imidazole rings is 1. The number of hydrogen-bond acceptors (Lipinski definition) is 5. The molecule has 0 aliphatic carbocycles. The van der Waals surface area contributed by atoms with Gasteiger partial charge in [0.05, 0.1) is 27.9 Å². The van der Waals surface area contributed by atoms with Crippen LogP contribution in [-0.2, 0) is 26.5 Å². The predicted molar refractivity (Wildman–Crippen MR) is 142 cm³/mol. The lowest BCUT2D eigenvalue weighted by Gasteiger charge is -2.30. The lowest BCUT2D eigenvalue weighted by atomic mass is 10.1. The van der Waals surface area contributed by atoms with E-state index < -0.39 is 20.0 Å². The van der Waals surface area contributed by atoms with Crippen LogP contribution in [0.3, 0.4) is 0 Å². The molecule has 0 spiro atoms. The molecular weight excluding hydrogens is 500 g/mol. The summed E-state index contributed by atoms with van der Waals surface area (Å²) in [6, 6.07) is 12.1. The van der Waals surface area contributed by atoms with Crippen molar-refractivity contribution in [2.45, 2.75) is 51.0 Å². The van der Waals surface area contributed by atoms with Crippen molar-refractivity contribution < 1.29 is 16.8 Å². The molecule has 1 fully saturated rings. The van der Waals surface area contributed by atoms with Gasteiger partial charge in [-0.25, -0.2) is 25.9 Å². The summed E-state index contributed by atoms with van der Waals surface area (Å²) in [6.07, 6.45) is 3.07. The van der Waals surface area contributed by atoms with Gasteiger partial charge in [-0.05, 0) is 61.1 Å². The predicted octanol–water partition coefficient (Wildman–Crippen LogP) is 3.34. The van der Waals surface area contributed by atoms with Crippen LogP contribution in [0.5, 0.6) is 0 Å². The molecule has 36 heavy (non-hydrogen) atoms. The van der Waals surface area contributed by atoms with E-state index in [1.54, 1.807) is 16.7 Å². The largest absolute Gasteiger partial charge is 0.326 e. The molecule has 0 unspecified atom stereocenters. The maximum absolute atomic E-state index is 13.8. The summed E-state index contributed by atoms with van der Waals surface area (Å²) in [4.78, 5) is 15.8. The molecule has 0 saturated carbocycles. The number of nitrogens with zero attached hydrogens (tertiary/aromatic N) is 3. The molecule has 4 rings (SSSR count). The Kier molecular flexibility index (Phi) is 7.36. The molecule has 1 aliphatic heterocycles. The van der Waals surface area contributed by atoms with Crippen molar-refractivity contribution in [3.63, 3.8) is 0 Å². The van der Waals surface area contributed by atoms with Gasteiger partial charge in [0.15, 0.2) is 0 Å². The second kappa shape index (κ2) is 10.0. The first kappa shape index (κ1) is 26.4. The van der Waals surface area contributed by atoms with E-state index in [9.17, 15) is 21.6 Å². The fraction of sp³-hybridized carbons (Fsp3) is 0.480. The van der Waals surface area contributed by atoms with Gasteiger partial charge >= 0.3 is 5.69 Å². The molecule has 1 N–H and O–H groups in total.